The fourth-order valence-corrected chi connectivity index (χ4v) is 3.55. The van der Waals surface area contributed by atoms with E-state index in [1.165, 1.54) is 6.92 Å². The number of esters is 1. The second-order valence-corrected chi connectivity index (χ2v) is 7.09. The SMILES string of the molecule is CC(=O)OC(NC(=O)c1c(C)c(-c2ccccc2)nc2ccccc12)c1ccncc1. The summed E-state index contributed by atoms with van der Waals surface area (Å²) in [7, 11) is 0. The van der Waals surface area contributed by atoms with Gasteiger partial charge in [0.15, 0.2) is 0 Å². The molecule has 0 saturated heterocycles. The molecule has 2 aromatic carbocycles. The summed E-state index contributed by atoms with van der Waals surface area (Å²) < 4.78 is 5.38. The van der Waals surface area contributed by atoms with Crippen molar-refractivity contribution in [3.8, 4) is 11.3 Å². The number of rotatable bonds is 5. The van der Waals surface area contributed by atoms with Crippen molar-refractivity contribution in [1.82, 2.24) is 15.3 Å². The van der Waals surface area contributed by atoms with Gasteiger partial charge in [-0.25, -0.2) is 4.98 Å². The van der Waals surface area contributed by atoms with Crippen molar-refractivity contribution in [3.63, 3.8) is 0 Å². The van der Waals surface area contributed by atoms with Crippen LogP contribution in [0.15, 0.2) is 79.1 Å². The molecule has 154 valence electrons. The highest BCUT2D eigenvalue weighted by atomic mass is 16.6. The maximum atomic E-state index is 13.5. The van der Waals surface area contributed by atoms with Gasteiger partial charge in [0, 0.05) is 35.8 Å². The van der Waals surface area contributed by atoms with Gasteiger partial charge in [-0.3, -0.25) is 14.6 Å². The van der Waals surface area contributed by atoms with Crippen LogP contribution in [0.2, 0.25) is 0 Å². The highest BCUT2D eigenvalue weighted by molar-refractivity contribution is 6.09. The molecule has 0 fully saturated rings. The number of aromatic nitrogens is 2. The molecule has 0 saturated carbocycles. The number of nitrogens with zero attached hydrogens (tertiary/aromatic N) is 2. The van der Waals surface area contributed by atoms with Gasteiger partial charge in [-0.15, -0.1) is 0 Å². The number of nitrogens with one attached hydrogen (secondary N) is 1. The van der Waals surface area contributed by atoms with Gasteiger partial charge in [0.2, 0.25) is 6.23 Å². The molecule has 2 heterocycles. The Labute approximate surface area is 179 Å². The summed E-state index contributed by atoms with van der Waals surface area (Å²) in [5, 5.41) is 3.59. The molecule has 0 aliphatic rings. The van der Waals surface area contributed by atoms with E-state index < -0.39 is 12.2 Å². The van der Waals surface area contributed by atoms with Crippen molar-refractivity contribution in [2.24, 2.45) is 0 Å². The van der Waals surface area contributed by atoms with E-state index in [-0.39, 0.29) is 5.91 Å². The molecule has 0 aliphatic heterocycles. The number of ether oxygens (including phenoxy) is 1. The molecule has 1 unspecified atom stereocenters. The summed E-state index contributed by atoms with van der Waals surface area (Å²) in [5.74, 6) is -0.847. The van der Waals surface area contributed by atoms with E-state index in [1.807, 2.05) is 61.5 Å². The third-order valence-corrected chi connectivity index (χ3v) is 4.96. The Morgan fingerprint density at radius 2 is 1.61 bits per heavy atom. The quantitative estimate of drug-likeness (QED) is 0.384. The third kappa shape index (κ3) is 4.28. The van der Waals surface area contributed by atoms with Gasteiger partial charge >= 0.3 is 5.97 Å². The van der Waals surface area contributed by atoms with Crippen LogP contribution < -0.4 is 5.32 Å². The Morgan fingerprint density at radius 1 is 0.935 bits per heavy atom. The smallest absolute Gasteiger partial charge is 0.304 e. The molecular formula is C25H21N3O3. The second kappa shape index (κ2) is 8.75. The van der Waals surface area contributed by atoms with Gasteiger partial charge in [0.1, 0.15) is 0 Å². The van der Waals surface area contributed by atoms with Crippen molar-refractivity contribution in [3.05, 3.63) is 95.8 Å². The van der Waals surface area contributed by atoms with E-state index in [0.717, 1.165) is 22.2 Å². The monoisotopic (exact) mass is 411 g/mol. The normalized spacial score (nSPS) is 11.7. The molecule has 6 heteroatoms. The van der Waals surface area contributed by atoms with Crippen LogP contribution in [0.3, 0.4) is 0 Å². The molecule has 2 aromatic heterocycles. The molecule has 1 atom stereocenters. The number of hydrogen-bond donors (Lipinski definition) is 1. The number of amides is 1. The van der Waals surface area contributed by atoms with Crippen LogP contribution in [0.25, 0.3) is 22.2 Å². The molecule has 31 heavy (non-hydrogen) atoms. The number of hydrogen-bond acceptors (Lipinski definition) is 5. The molecular weight excluding hydrogens is 390 g/mol. The van der Waals surface area contributed by atoms with Crippen LogP contribution in [0, 0.1) is 6.92 Å². The first kappa shape index (κ1) is 20.2. The fourth-order valence-electron chi connectivity index (χ4n) is 3.55. The zero-order valence-corrected chi connectivity index (χ0v) is 17.2. The predicted molar refractivity (Wildman–Crippen MR) is 118 cm³/mol. The van der Waals surface area contributed by atoms with Gasteiger partial charge in [-0.05, 0) is 30.7 Å². The van der Waals surface area contributed by atoms with E-state index >= 15 is 0 Å². The largest absolute Gasteiger partial charge is 0.437 e. The predicted octanol–water partition coefficient (Wildman–Crippen LogP) is 4.60. The Hall–Kier alpha value is -4.06. The lowest BCUT2D eigenvalue weighted by Crippen LogP contribution is -2.32. The molecule has 0 spiro atoms. The van der Waals surface area contributed by atoms with Crippen molar-refractivity contribution in [2.45, 2.75) is 20.1 Å². The Kier molecular flexibility index (Phi) is 5.71. The molecule has 1 N–H and O–H groups in total. The summed E-state index contributed by atoms with van der Waals surface area (Å²) in [6.07, 6.45) is 2.23. The van der Waals surface area contributed by atoms with E-state index in [9.17, 15) is 9.59 Å². The minimum Gasteiger partial charge on any atom is -0.437 e. The van der Waals surface area contributed by atoms with Crippen LogP contribution in [0.1, 0.15) is 34.6 Å². The Bertz CT molecular complexity index is 1240. The number of benzene rings is 2. The average Bonchev–Trinajstić information content (AvgIpc) is 2.79. The molecule has 0 aliphatic carbocycles. The van der Waals surface area contributed by atoms with Crippen LogP contribution >= 0.6 is 0 Å². The van der Waals surface area contributed by atoms with E-state index in [0.29, 0.717) is 16.6 Å². The van der Waals surface area contributed by atoms with Crippen molar-refractivity contribution >= 4 is 22.8 Å². The highest BCUT2D eigenvalue weighted by Gasteiger charge is 2.23. The summed E-state index contributed by atoms with van der Waals surface area (Å²) in [5.41, 5.74) is 4.24. The molecule has 1 amide bonds. The fraction of sp³-hybridized carbons (Fsp3) is 0.120. The van der Waals surface area contributed by atoms with E-state index in [4.69, 9.17) is 9.72 Å². The zero-order valence-electron chi connectivity index (χ0n) is 17.2. The summed E-state index contributed by atoms with van der Waals surface area (Å²) in [6.45, 7) is 3.19. The van der Waals surface area contributed by atoms with Crippen molar-refractivity contribution in [1.29, 1.82) is 0 Å². The molecule has 6 nitrogen and oxygen atoms in total. The van der Waals surface area contributed by atoms with Crippen molar-refractivity contribution < 1.29 is 14.3 Å². The van der Waals surface area contributed by atoms with Crippen molar-refractivity contribution in [2.75, 3.05) is 0 Å². The van der Waals surface area contributed by atoms with E-state index in [1.54, 1.807) is 24.5 Å². The number of carbonyl (C=O) groups is 2. The van der Waals surface area contributed by atoms with Gasteiger partial charge in [0.05, 0.1) is 16.8 Å². The lowest BCUT2D eigenvalue weighted by atomic mass is 9.97. The highest BCUT2D eigenvalue weighted by Crippen LogP contribution is 2.30. The van der Waals surface area contributed by atoms with Gasteiger partial charge < -0.3 is 10.1 Å². The van der Waals surface area contributed by atoms with Gasteiger partial charge in [0.25, 0.3) is 5.91 Å². The Morgan fingerprint density at radius 3 is 2.32 bits per heavy atom. The number of pyridine rings is 2. The first-order chi connectivity index (χ1) is 15.0. The van der Waals surface area contributed by atoms with E-state index in [2.05, 4.69) is 10.3 Å². The van der Waals surface area contributed by atoms with Crippen LogP contribution in [-0.2, 0) is 9.53 Å². The minimum absolute atomic E-state index is 0.351. The molecule has 4 rings (SSSR count). The Balaban J connectivity index is 1.81. The standard InChI is InChI=1S/C25H21N3O3/c1-16-22(24(30)28-25(31-17(2)29)19-12-14-26-15-13-19)20-10-6-7-11-21(20)27-23(16)18-8-4-3-5-9-18/h3-15,25H,1-2H3,(H,28,30). The summed E-state index contributed by atoms with van der Waals surface area (Å²) in [6, 6.07) is 20.6. The average molecular weight is 411 g/mol. The molecule has 4 aromatic rings. The molecule has 0 bridgehead atoms. The maximum Gasteiger partial charge on any atom is 0.304 e. The summed E-state index contributed by atoms with van der Waals surface area (Å²) >= 11 is 0. The minimum atomic E-state index is -0.931. The second-order valence-electron chi connectivity index (χ2n) is 7.09. The number of para-hydroxylation sites is 1. The van der Waals surface area contributed by atoms with Crippen LogP contribution in [0.5, 0.6) is 0 Å². The maximum absolute atomic E-state index is 13.5. The lowest BCUT2D eigenvalue weighted by molar-refractivity contribution is -0.147. The lowest BCUT2D eigenvalue weighted by Gasteiger charge is -2.21. The summed E-state index contributed by atoms with van der Waals surface area (Å²) in [4.78, 5) is 33.9. The number of fused-ring (bicyclic) bond motifs is 1. The van der Waals surface area contributed by atoms with Gasteiger partial charge in [-0.1, -0.05) is 48.5 Å². The van der Waals surface area contributed by atoms with Crippen LogP contribution in [-0.4, -0.2) is 21.8 Å². The van der Waals surface area contributed by atoms with Crippen LogP contribution in [0.4, 0.5) is 0 Å². The number of carbonyl (C=O) groups excluding carboxylic acids is 2. The molecule has 0 radical (unpaired) electrons. The first-order valence-electron chi connectivity index (χ1n) is 9.87. The zero-order chi connectivity index (χ0) is 21.8. The first-order valence-corrected chi connectivity index (χ1v) is 9.87. The third-order valence-electron chi connectivity index (χ3n) is 4.96. The topological polar surface area (TPSA) is 81.2 Å². The van der Waals surface area contributed by atoms with Gasteiger partial charge in [-0.2, -0.15) is 0 Å².